The van der Waals surface area contributed by atoms with E-state index >= 15 is 0 Å². The van der Waals surface area contributed by atoms with Gasteiger partial charge in [-0.3, -0.25) is 9.52 Å². The molecule has 0 aromatic heterocycles. The maximum Gasteiger partial charge on any atom is 0.387 e. The number of nitrogens with zero attached hydrogens (tertiary/aromatic N) is 1. The van der Waals surface area contributed by atoms with E-state index in [1.807, 2.05) is 12.1 Å². The Hall–Kier alpha value is -2.88. The van der Waals surface area contributed by atoms with Gasteiger partial charge >= 0.3 is 6.61 Å². The van der Waals surface area contributed by atoms with E-state index in [1.165, 1.54) is 30.7 Å². The van der Waals surface area contributed by atoms with Gasteiger partial charge in [-0.15, -0.1) is 0 Å². The molecule has 1 aliphatic heterocycles. The molecule has 2 aromatic rings. The molecule has 2 aromatic carbocycles. The number of benzene rings is 2. The number of amides is 1. The Morgan fingerprint density at radius 1 is 1.03 bits per heavy atom. The average molecular weight is 439 g/mol. The van der Waals surface area contributed by atoms with E-state index in [2.05, 4.69) is 19.7 Å². The van der Waals surface area contributed by atoms with E-state index in [0.29, 0.717) is 5.69 Å². The van der Waals surface area contributed by atoms with Crippen LogP contribution in [0, 0.1) is 0 Å². The highest BCUT2D eigenvalue weighted by Crippen LogP contribution is 2.26. The van der Waals surface area contributed by atoms with Gasteiger partial charge in [0.25, 0.3) is 0 Å². The van der Waals surface area contributed by atoms with Crippen molar-refractivity contribution in [2.24, 2.45) is 0 Å². The summed E-state index contributed by atoms with van der Waals surface area (Å²) in [5.41, 5.74) is 1.32. The van der Waals surface area contributed by atoms with E-state index in [9.17, 15) is 22.0 Å². The zero-order valence-corrected chi connectivity index (χ0v) is 17.0. The van der Waals surface area contributed by atoms with E-state index in [0.717, 1.165) is 31.6 Å². The molecule has 1 heterocycles. The number of carbonyl (C=O) groups is 1. The van der Waals surface area contributed by atoms with Crippen LogP contribution in [0.15, 0.2) is 48.5 Å². The molecule has 0 radical (unpaired) electrons. The van der Waals surface area contributed by atoms with Crippen molar-refractivity contribution in [3.05, 3.63) is 48.5 Å². The minimum absolute atomic E-state index is 0.0381. The molecule has 0 unspecified atom stereocenters. The number of para-hydroxylation sites is 2. The Labute approximate surface area is 174 Å². The van der Waals surface area contributed by atoms with Gasteiger partial charge in [-0.2, -0.15) is 8.78 Å². The third-order valence-corrected chi connectivity index (χ3v) is 5.75. The molecule has 2 N–H and O–H groups in total. The summed E-state index contributed by atoms with van der Waals surface area (Å²) in [6, 6.07) is 12.5. The minimum atomic E-state index is -3.99. The number of halogens is 2. The molecule has 0 spiro atoms. The van der Waals surface area contributed by atoms with E-state index < -0.39 is 28.3 Å². The summed E-state index contributed by atoms with van der Waals surface area (Å²) < 4.78 is 56.2. The molecule has 0 aliphatic carbocycles. The summed E-state index contributed by atoms with van der Waals surface area (Å²) in [5.74, 6) is -2.00. The van der Waals surface area contributed by atoms with Crippen LogP contribution in [0.5, 0.6) is 5.75 Å². The fourth-order valence-electron chi connectivity index (χ4n) is 3.24. The zero-order valence-electron chi connectivity index (χ0n) is 16.2. The second-order valence-corrected chi connectivity index (χ2v) is 8.60. The molecule has 7 nitrogen and oxygen atoms in total. The second kappa shape index (κ2) is 9.75. The second-order valence-electron chi connectivity index (χ2n) is 6.88. The largest absolute Gasteiger partial charge is 0.433 e. The lowest BCUT2D eigenvalue weighted by Gasteiger charge is -2.28. The highest BCUT2D eigenvalue weighted by molar-refractivity contribution is 7.93. The first-order chi connectivity index (χ1) is 14.3. The summed E-state index contributed by atoms with van der Waals surface area (Å²) in [5, 5.41) is 2.29. The van der Waals surface area contributed by atoms with E-state index in [1.54, 1.807) is 12.1 Å². The topological polar surface area (TPSA) is 87.7 Å². The Balaban J connectivity index is 1.59. The van der Waals surface area contributed by atoms with Gasteiger partial charge in [-0.05, 0) is 55.7 Å². The highest BCUT2D eigenvalue weighted by atomic mass is 32.2. The highest BCUT2D eigenvalue weighted by Gasteiger charge is 2.19. The van der Waals surface area contributed by atoms with Crippen LogP contribution in [0.25, 0.3) is 0 Å². The van der Waals surface area contributed by atoms with Gasteiger partial charge in [-0.1, -0.05) is 12.1 Å². The number of anilines is 3. The predicted molar refractivity (Wildman–Crippen MR) is 112 cm³/mol. The number of hydrogen-bond acceptors (Lipinski definition) is 5. The fraction of sp³-hybridized carbons (Fsp3) is 0.350. The standard InChI is InChI=1S/C20H23F2N3O4S/c21-20(22)29-18-7-3-2-6-17(18)23-19(26)14-30(27,28)24-15-8-10-16(11-9-15)25-12-4-1-5-13-25/h2-3,6-11,20,24H,1,4-5,12-14H2,(H,23,26). The van der Waals surface area contributed by atoms with E-state index in [4.69, 9.17) is 0 Å². The molecule has 0 atom stereocenters. The van der Waals surface area contributed by atoms with Gasteiger partial charge in [-0.25, -0.2) is 8.42 Å². The van der Waals surface area contributed by atoms with Gasteiger partial charge in [0.15, 0.2) is 0 Å². The first kappa shape index (κ1) is 21.8. The maximum absolute atomic E-state index is 12.5. The molecule has 1 fully saturated rings. The molecule has 1 amide bonds. The van der Waals surface area contributed by atoms with Crippen LogP contribution in [0.4, 0.5) is 25.8 Å². The molecule has 30 heavy (non-hydrogen) atoms. The van der Waals surface area contributed by atoms with Crippen molar-refractivity contribution in [3.8, 4) is 5.75 Å². The first-order valence-corrected chi connectivity index (χ1v) is 11.2. The van der Waals surface area contributed by atoms with Crippen molar-refractivity contribution in [2.45, 2.75) is 25.9 Å². The minimum Gasteiger partial charge on any atom is -0.433 e. The predicted octanol–water partition coefficient (Wildman–Crippen LogP) is 3.66. The van der Waals surface area contributed by atoms with Gasteiger partial charge in [0.05, 0.1) is 5.69 Å². The van der Waals surface area contributed by atoms with Crippen molar-refractivity contribution < 1.29 is 26.7 Å². The van der Waals surface area contributed by atoms with Crippen LogP contribution < -0.4 is 19.7 Å². The smallest absolute Gasteiger partial charge is 0.387 e. The fourth-order valence-corrected chi connectivity index (χ4v) is 4.22. The third-order valence-electron chi connectivity index (χ3n) is 4.56. The summed E-state index contributed by atoms with van der Waals surface area (Å²) in [6.45, 7) is -1.12. The van der Waals surface area contributed by atoms with Crippen molar-refractivity contribution in [3.63, 3.8) is 0 Å². The van der Waals surface area contributed by atoms with Crippen molar-refractivity contribution >= 4 is 33.0 Å². The third kappa shape index (κ3) is 6.31. The molecule has 0 saturated carbocycles. The number of carbonyl (C=O) groups excluding carboxylic acids is 1. The van der Waals surface area contributed by atoms with Gasteiger partial charge in [0, 0.05) is 24.5 Å². The average Bonchev–Trinajstić information content (AvgIpc) is 2.69. The monoisotopic (exact) mass is 439 g/mol. The van der Waals surface area contributed by atoms with Crippen molar-refractivity contribution in [1.82, 2.24) is 0 Å². The Morgan fingerprint density at radius 3 is 2.37 bits per heavy atom. The van der Waals surface area contributed by atoms with Crippen molar-refractivity contribution in [1.29, 1.82) is 0 Å². The SMILES string of the molecule is O=C(CS(=O)(=O)Nc1ccc(N2CCCCC2)cc1)Nc1ccccc1OC(F)F. The number of hydrogen-bond donors (Lipinski definition) is 2. The molecule has 1 saturated heterocycles. The molecular weight excluding hydrogens is 416 g/mol. The Kier molecular flexibility index (Phi) is 7.09. The summed E-state index contributed by atoms with van der Waals surface area (Å²) in [6.07, 6.45) is 3.49. The molecule has 0 bridgehead atoms. The molecule has 162 valence electrons. The normalized spacial score (nSPS) is 14.4. The van der Waals surface area contributed by atoms with Gasteiger partial charge < -0.3 is 15.0 Å². The number of alkyl halides is 2. The number of rotatable bonds is 8. The zero-order chi connectivity index (χ0) is 21.6. The van der Waals surface area contributed by atoms with Crippen LogP contribution >= 0.6 is 0 Å². The molecular formula is C20H23F2N3O4S. The number of ether oxygens (including phenoxy) is 1. The summed E-state index contributed by atoms with van der Waals surface area (Å²) in [7, 11) is -3.99. The summed E-state index contributed by atoms with van der Waals surface area (Å²) in [4.78, 5) is 14.4. The lowest BCUT2D eigenvalue weighted by molar-refractivity contribution is -0.114. The van der Waals surface area contributed by atoms with Crippen LogP contribution in [0.1, 0.15) is 19.3 Å². The Bertz CT molecular complexity index is 962. The molecule has 3 rings (SSSR count). The van der Waals surface area contributed by atoms with E-state index in [-0.39, 0.29) is 11.4 Å². The quantitative estimate of drug-likeness (QED) is 0.656. The molecule has 10 heteroatoms. The van der Waals surface area contributed by atoms with Crippen LogP contribution in [-0.4, -0.2) is 39.8 Å². The number of piperidine rings is 1. The van der Waals surface area contributed by atoms with Crippen LogP contribution in [0.2, 0.25) is 0 Å². The number of sulfonamides is 1. The first-order valence-electron chi connectivity index (χ1n) is 9.51. The Morgan fingerprint density at radius 2 is 1.70 bits per heavy atom. The van der Waals surface area contributed by atoms with Gasteiger partial charge in [0.2, 0.25) is 15.9 Å². The molecule has 1 aliphatic rings. The van der Waals surface area contributed by atoms with Crippen molar-refractivity contribution in [2.75, 3.05) is 33.8 Å². The summed E-state index contributed by atoms with van der Waals surface area (Å²) >= 11 is 0. The van der Waals surface area contributed by atoms with Crippen LogP contribution in [-0.2, 0) is 14.8 Å². The number of nitrogens with one attached hydrogen (secondary N) is 2. The lowest BCUT2D eigenvalue weighted by atomic mass is 10.1. The maximum atomic E-state index is 12.5. The lowest BCUT2D eigenvalue weighted by Crippen LogP contribution is -2.29. The van der Waals surface area contributed by atoms with Crippen LogP contribution in [0.3, 0.4) is 0 Å². The van der Waals surface area contributed by atoms with Gasteiger partial charge in [0.1, 0.15) is 11.5 Å².